The quantitative estimate of drug-likeness (QED) is 0.807. The zero-order chi connectivity index (χ0) is 14.5. The lowest BCUT2D eigenvalue weighted by Crippen LogP contribution is -2.41. The van der Waals surface area contributed by atoms with E-state index in [0.29, 0.717) is 5.03 Å². The van der Waals surface area contributed by atoms with Gasteiger partial charge in [0, 0.05) is 23.4 Å². The molecule has 0 aliphatic rings. The van der Waals surface area contributed by atoms with Crippen molar-refractivity contribution in [1.29, 1.82) is 0 Å². The zero-order valence-electron chi connectivity index (χ0n) is 10.7. The number of nitrogens with zero attached hydrogens (tertiary/aromatic N) is 2. The molecule has 1 amide bonds. The highest BCUT2D eigenvalue weighted by atomic mass is 32.2. The molecule has 2 aromatic rings. The highest BCUT2D eigenvalue weighted by Crippen LogP contribution is 2.25. The van der Waals surface area contributed by atoms with Gasteiger partial charge in [-0.05, 0) is 0 Å². The number of rotatable bonds is 5. The molecule has 20 heavy (non-hydrogen) atoms. The minimum absolute atomic E-state index is 0.192. The Bertz CT molecular complexity index is 642. The molecule has 0 saturated carbocycles. The van der Waals surface area contributed by atoms with Crippen LogP contribution in [0.4, 0.5) is 0 Å². The summed E-state index contributed by atoms with van der Waals surface area (Å²) in [5, 5.41) is 21.9. The molecule has 0 saturated heterocycles. The van der Waals surface area contributed by atoms with Crippen molar-refractivity contribution in [2.75, 3.05) is 5.75 Å². The van der Waals surface area contributed by atoms with Crippen LogP contribution in [0, 0.1) is 0 Å². The van der Waals surface area contributed by atoms with Crippen molar-refractivity contribution < 1.29 is 14.7 Å². The van der Waals surface area contributed by atoms with Crippen molar-refractivity contribution in [3.63, 3.8) is 0 Å². The van der Waals surface area contributed by atoms with E-state index in [1.54, 1.807) is 6.20 Å². The highest BCUT2D eigenvalue weighted by Gasteiger charge is 2.19. The molecule has 0 bridgehead atoms. The average molecular weight is 291 g/mol. The average Bonchev–Trinajstić information content (AvgIpc) is 2.42. The van der Waals surface area contributed by atoms with E-state index in [2.05, 4.69) is 15.5 Å². The Balaban J connectivity index is 2.15. The second-order valence-corrected chi connectivity index (χ2v) is 5.15. The van der Waals surface area contributed by atoms with Crippen LogP contribution in [0.3, 0.4) is 0 Å². The summed E-state index contributed by atoms with van der Waals surface area (Å²) < 4.78 is 0. The lowest BCUT2D eigenvalue weighted by molar-refractivity contribution is -0.140. The highest BCUT2D eigenvalue weighted by molar-refractivity contribution is 7.99. The van der Waals surface area contributed by atoms with Gasteiger partial charge < -0.3 is 10.4 Å². The second-order valence-electron chi connectivity index (χ2n) is 4.14. The molecule has 0 aliphatic heterocycles. The number of aliphatic carboxylic acids is 1. The van der Waals surface area contributed by atoms with Crippen molar-refractivity contribution >= 4 is 34.4 Å². The molecule has 0 fully saturated rings. The summed E-state index contributed by atoms with van der Waals surface area (Å²) in [4.78, 5) is 22.0. The van der Waals surface area contributed by atoms with E-state index in [4.69, 9.17) is 5.11 Å². The molecule has 0 aliphatic carbocycles. The predicted molar refractivity (Wildman–Crippen MR) is 75.5 cm³/mol. The number of nitrogens with one attached hydrogen (secondary N) is 1. The van der Waals surface area contributed by atoms with Gasteiger partial charge in [-0.1, -0.05) is 24.3 Å². The van der Waals surface area contributed by atoms with Gasteiger partial charge >= 0.3 is 5.97 Å². The van der Waals surface area contributed by atoms with Crippen LogP contribution in [-0.2, 0) is 9.59 Å². The van der Waals surface area contributed by atoms with Crippen molar-refractivity contribution in [3.05, 3.63) is 30.5 Å². The second kappa shape index (κ2) is 6.33. The minimum atomic E-state index is -1.07. The Morgan fingerprint density at radius 1 is 1.40 bits per heavy atom. The first-order valence-corrected chi connectivity index (χ1v) is 6.89. The summed E-state index contributed by atoms with van der Waals surface area (Å²) >= 11 is 1.26. The van der Waals surface area contributed by atoms with Crippen LogP contribution in [0.1, 0.15) is 6.92 Å². The first-order valence-electron chi connectivity index (χ1n) is 5.91. The summed E-state index contributed by atoms with van der Waals surface area (Å²) in [6, 6.07) is 6.65. The van der Waals surface area contributed by atoms with E-state index < -0.39 is 12.0 Å². The summed E-state index contributed by atoms with van der Waals surface area (Å²) in [6.45, 7) is 1.29. The molecule has 1 aromatic carbocycles. The topological polar surface area (TPSA) is 92.2 Å². The largest absolute Gasteiger partial charge is 0.480 e. The molecule has 0 unspecified atom stereocenters. The fourth-order valence-corrected chi connectivity index (χ4v) is 2.69. The number of carbonyl (C=O) groups is 2. The third-order valence-corrected chi connectivity index (χ3v) is 3.67. The number of fused-ring (bicyclic) bond motifs is 1. The number of thioether (sulfide) groups is 1. The first-order chi connectivity index (χ1) is 9.58. The number of carboxylic acids is 1. The lowest BCUT2D eigenvalue weighted by Gasteiger charge is -2.12. The van der Waals surface area contributed by atoms with Crippen molar-refractivity contribution in [2.45, 2.75) is 18.0 Å². The summed E-state index contributed by atoms with van der Waals surface area (Å²) in [7, 11) is 0. The Labute approximate surface area is 119 Å². The molecule has 2 rings (SSSR count). The van der Waals surface area contributed by atoms with Gasteiger partial charge in [0.05, 0.1) is 6.20 Å². The third-order valence-electron chi connectivity index (χ3n) is 2.60. The van der Waals surface area contributed by atoms with Crippen molar-refractivity contribution in [1.82, 2.24) is 15.5 Å². The van der Waals surface area contributed by atoms with Crippen LogP contribution >= 0.6 is 11.8 Å². The van der Waals surface area contributed by atoms with Gasteiger partial charge in [-0.15, -0.1) is 16.9 Å². The number of carboxylic acid groups (broad SMARTS) is 1. The molecule has 0 radical (unpaired) electrons. The van der Waals surface area contributed by atoms with Gasteiger partial charge in [0.2, 0.25) is 5.91 Å². The Hall–Kier alpha value is -2.15. The number of hydrogen-bond donors (Lipinski definition) is 2. The van der Waals surface area contributed by atoms with Crippen molar-refractivity contribution in [3.8, 4) is 0 Å². The number of amides is 1. The maximum absolute atomic E-state index is 11.1. The molecule has 1 aromatic heterocycles. The molecular weight excluding hydrogens is 278 g/mol. The van der Waals surface area contributed by atoms with Gasteiger partial charge in [0.25, 0.3) is 0 Å². The molecule has 7 heteroatoms. The van der Waals surface area contributed by atoms with Crippen LogP contribution in [0.2, 0.25) is 0 Å². The normalized spacial score (nSPS) is 12.1. The number of benzene rings is 1. The van der Waals surface area contributed by atoms with Gasteiger partial charge in [-0.3, -0.25) is 4.79 Å². The fraction of sp³-hybridized carbons (Fsp3) is 0.231. The molecule has 104 valence electrons. The molecule has 1 heterocycles. The van der Waals surface area contributed by atoms with Crippen LogP contribution < -0.4 is 5.32 Å². The smallest absolute Gasteiger partial charge is 0.327 e. The minimum Gasteiger partial charge on any atom is -0.480 e. The fourth-order valence-electron chi connectivity index (χ4n) is 1.69. The Kier molecular flexibility index (Phi) is 4.52. The maximum atomic E-state index is 11.1. The number of carbonyl (C=O) groups excluding carboxylic acids is 1. The van der Waals surface area contributed by atoms with Crippen LogP contribution in [0.25, 0.3) is 10.8 Å². The van der Waals surface area contributed by atoms with E-state index in [1.165, 1.54) is 18.7 Å². The summed E-state index contributed by atoms with van der Waals surface area (Å²) in [5.41, 5.74) is 0. The number of aromatic nitrogens is 2. The molecule has 2 N–H and O–H groups in total. The van der Waals surface area contributed by atoms with Gasteiger partial charge in [-0.25, -0.2) is 4.79 Å². The maximum Gasteiger partial charge on any atom is 0.327 e. The standard InChI is InChI=1S/C13H13N3O3S/c1-8(17)15-11(13(18)19)7-20-12-10-5-3-2-4-9(10)6-14-16-12/h2-6,11H,7H2,1H3,(H,15,17)(H,18,19)/t11-/m0/s1. The predicted octanol–water partition coefficient (Wildman–Crippen LogP) is 1.31. The molecule has 1 atom stereocenters. The number of hydrogen-bond acceptors (Lipinski definition) is 5. The van der Waals surface area contributed by atoms with E-state index in [9.17, 15) is 9.59 Å². The summed E-state index contributed by atoms with van der Waals surface area (Å²) in [5.74, 6) is -1.25. The van der Waals surface area contributed by atoms with E-state index in [1.807, 2.05) is 24.3 Å². The Morgan fingerprint density at radius 3 is 2.85 bits per heavy atom. The van der Waals surface area contributed by atoms with E-state index in [-0.39, 0.29) is 11.7 Å². The van der Waals surface area contributed by atoms with Crippen LogP contribution in [0.5, 0.6) is 0 Å². The van der Waals surface area contributed by atoms with Crippen LogP contribution in [0.15, 0.2) is 35.5 Å². The van der Waals surface area contributed by atoms with E-state index >= 15 is 0 Å². The molecular formula is C13H13N3O3S. The van der Waals surface area contributed by atoms with Crippen LogP contribution in [-0.4, -0.2) is 39.0 Å². The monoisotopic (exact) mass is 291 g/mol. The van der Waals surface area contributed by atoms with Gasteiger partial charge in [0.1, 0.15) is 11.1 Å². The lowest BCUT2D eigenvalue weighted by atomic mass is 10.2. The van der Waals surface area contributed by atoms with E-state index in [0.717, 1.165) is 10.8 Å². The van der Waals surface area contributed by atoms with Crippen molar-refractivity contribution in [2.24, 2.45) is 0 Å². The van der Waals surface area contributed by atoms with Gasteiger partial charge in [-0.2, -0.15) is 5.10 Å². The zero-order valence-corrected chi connectivity index (χ0v) is 11.6. The van der Waals surface area contributed by atoms with Gasteiger partial charge in [0.15, 0.2) is 0 Å². The SMILES string of the molecule is CC(=O)N[C@@H](CSc1nncc2ccccc12)C(=O)O. The third kappa shape index (κ3) is 3.45. The summed E-state index contributed by atoms with van der Waals surface area (Å²) in [6.07, 6.45) is 1.65. The Morgan fingerprint density at radius 2 is 2.15 bits per heavy atom. The first kappa shape index (κ1) is 14.3. The molecule has 0 spiro atoms. The molecule has 6 nitrogen and oxygen atoms in total.